The Bertz CT molecular complexity index is 348. The Morgan fingerprint density at radius 2 is 1.83 bits per heavy atom. The van der Waals surface area contributed by atoms with Crippen molar-refractivity contribution in [2.24, 2.45) is 0 Å². The predicted octanol–water partition coefficient (Wildman–Crippen LogP) is 0.415. The van der Waals surface area contributed by atoms with Crippen LogP contribution in [0.15, 0.2) is 0 Å². The number of amides is 2. The summed E-state index contributed by atoms with van der Waals surface area (Å²) in [6.45, 7) is 2.92. The van der Waals surface area contributed by atoms with Gasteiger partial charge in [0.15, 0.2) is 0 Å². The molecule has 0 bridgehead atoms. The zero-order chi connectivity index (χ0) is 13.8. The molecule has 1 atom stereocenters. The number of hydrogen-bond acceptors (Lipinski definition) is 3. The molecule has 0 spiro atoms. The van der Waals surface area contributed by atoms with E-state index in [4.69, 9.17) is 5.11 Å². The van der Waals surface area contributed by atoms with Gasteiger partial charge in [0.2, 0.25) is 11.8 Å². The standard InChI is InChI=1S/C12H20N2O4/c1-8(13-9(2)15)11(18)14-12(7-10(16)17)5-3-4-6-12/h8H,3-7H2,1-2H3,(H,13,15)(H,14,18)(H,16,17). The van der Waals surface area contributed by atoms with Crippen molar-refractivity contribution >= 4 is 17.8 Å². The zero-order valence-electron chi connectivity index (χ0n) is 10.8. The average Bonchev–Trinajstić information content (AvgIpc) is 2.63. The molecule has 1 aliphatic carbocycles. The van der Waals surface area contributed by atoms with Crippen molar-refractivity contribution in [1.29, 1.82) is 0 Å². The summed E-state index contributed by atoms with van der Waals surface area (Å²) >= 11 is 0. The zero-order valence-corrected chi connectivity index (χ0v) is 10.8. The van der Waals surface area contributed by atoms with Crippen molar-refractivity contribution in [2.45, 2.75) is 57.5 Å². The van der Waals surface area contributed by atoms with Crippen LogP contribution in [0.25, 0.3) is 0 Å². The van der Waals surface area contributed by atoms with Crippen LogP contribution in [0.1, 0.15) is 46.0 Å². The minimum Gasteiger partial charge on any atom is -0.481 e. The molecule has 2 amide bonds. The van der Waals surface area contributed by atoms with Crippen LogP contribution < -0.4 is 10.6 Å². The molecule has 6 nitrogen and oxygen atoms in total. The second kappa shape index (κ2) is 5.84. The Balaban J connectivity index is 2.63. The summed E-state index contributed by atoms with van der Waals surface area (Å²) in [5.74, 6) is -1.52. The summed E-state index contributed by atoms with van der Waals surface area (Å²) in [5, 5.41) is 14.2. The Kier molecular flexibility index (Phi) is 4.69. The van der Waals surface area contributed by atoms with Gasteiger partial charge in [0, 0.05) is 6.92 Å². The average molecular weight is 256 g/mol. The largest absolute Gasteiger partial charge is 0.481 e. The second-order valence-electron chi connectivity index (χ2n) is 4.97. The Hall–Kier alpha value is -1.59. The monoisotopic (exact) mass is 256 g/mol. The van der Waals surface area contributed by atoms with Gasteiger partial charge in [-0.1, -0.05) is 12.8 Å². The van der Waals surface area contributed by atoms with Crippen LogP contribution in [-0.2, 0) is 14.4 Å². The number of carbonyl (C=O) groups excluding carboxylic acids is 2. The number of nitrogens with one attached hydrogen (secondary N) is 2. The maximum absolute atomic E-state index is 11.9. The van der Waals surface area contributed by atoms with Gasteiger partial charge in [-0.15, -0.1) is 0 Å². The van der Waals surface area contributed by atoms with Gasteiger partial charge >= 0.3 is 5.97 Å². The SMILES string of the molecule is CC(=O)NC(C)C(=O)NC1(CC(=O)O)CCCC1. The maximum atomic E-state index is 11.9. The van der Waals surface area contributed by atoms with E-state index in [1.807, 2.05) is 0 Å². The van der Waals surface area contributed by atoms with Crippen molar-refractivity contribution in [3.63, 3.8) is 0 Å². The first kappa shape index (κ1) is 14.5. The molecule has 1 rings (SSSR count). The smallest absolute Gasteiger partial charge is 0.305 e. The van der Waals surface area contributed by atoms with E-state index in [0.717, 1.165) is 12.8 Å². The highest BCUT2D eigenvalue weighted by Crippen LogP contribution is 2.32. The number of aliphatic carboxylic acids is 1. The van der Waals surface area contributed by atoms with Crippen LogP contribution in [0.5, 0.6) is 0 Å². The highest BCUT2D eigenvalue weighted by molar-refractivity contribution is 5.87. The normalized spacial score (nSPS) is 19.0. The van der Waals surface area contributed by atoms with Crippen LogP contribution in [-0.4, -0.2) is 34.5 Å². The molecule has 0 aliphatic heterocycles. The molecule has 0 aromatic carbocycles. The first-order valence-electron chi connectivity index (χ1n) is 6.15. The molecule has 18 heavy (non-hydrogen) atoms. The molecule has 102 valence electrons. The molecule has 1 unspecified atom stereocenters. The van der Waals surface area contributed by atoms with Crippen molar-refractivity contribution in [1.82, 2.24) is 10.6 Å². The van der Waals surface area contributed by atoms with Crippen molar-refractivity contribution in [3.8, 4) is 0 Å². The summed E-state index contributed by atoms with van der Waals surface area (Å²) in [6, 6.07) is -0.645. The molecule has 0 heterocycles. The lowest BCUT2D eigenvalue weighted by Gasteiger charge is -2.30. The fraction of sp³-hybridized carbons (Fsp3) is 0.750. The van der Waals surface area contributed by atoms with Gasteiger partial charge in [0.25, 0.3) is 0 Å². The molecule has 3 N–H and O–H groups in total. The number of rotatable bonds is 5. The lowest BCUT2D eigenvalue weighted by Crippen LogP contribution is -2.54. The van der Waals surface area contributed by atoms with Gasteiger partial charge in [-0.3, -0.25) is 14.4 Å². The van der Waals surface area contributed by atoms with Crippen molar-refractivity contribution < 1.29 is 19.5 Å². The number of carbonyl (C=O) groups is 3. The molecule has 0 radical (unpaired) electrons. The second-order valence-corrected chi connectivity index (χ2v) is 4.97. The summed E-state index contributed by atoms with van der Waals surface area (Å²) in [7, 11) is 0. The van der Waals surface area contributed by atoms with Gasteiger partial charge in [0.1, 0.15) is 6.04 Å². The van der Waals surface area contributed by atoms with E-state index < -0.39 is 17.6 Å². The van der Waals surface area contributed by atoms with Crippen LogP contribution in [0.3, 0.4) is 0 Å². The number of carboxylic acid groups (broad SMARTS) is 1. The van der Waals surface area contributed by atoms with Gasteiger partial charge in [-0.25, -0.2) is 0 Å². The van der Waals surface area contributed by atoms with Gasteiger partial charge in [-0.05, 0) is 19.8 Å². The molecule has 1 fully saturated rings. The van der Waals surface area contributed by atoms with E-state index in [1.54, 1.807) is 6.92 Å². The Morgan fingerprint density at radius 3 is 2.28 bits per heavy atom. The predicted molar refractivity (Wildman–Crippen MR) is 64.9 cm³/mol. The molecule has 0 aromatic heterocycles. The summed E-state index contributed by atoms with van der Waals surface area (Å²) in [5.41, 5.74) is -0.643. The van der Waals surface area contributed by atoms with Crippen LogP contribution in [0.2, 0.25) is 0 Å². The summed E-state index contributed by atoms with van der Waals surface area (Å²) in [4.78, 5) is 33.6. The topological polar surface area (TPSA) is 95.5 Å². The third-order valence-corrected chi connectivity index (χ3v) is 3.25. The van der Waals surface area contributed by atoms with Gasteiger partial charge in [-0.2, -0.15) is 0 Å². The third-order valence-electron chi connectivity index (χ3n) is 3.25. The van der Waals surface area contributed by atoms with E-state index >= 15 is 0 Å². The van der Waals surface area contributed by atoms with Crippen LogP contribution in [0, 0.1) is 0 Å². The molecule has 1 saturated carbocycles. The summed E-state index contributed by atoms with van der Waals surface area (Å²) < 4.78 is 0. The Labute approximate surface area is 106 Å². The molecule has 0 aromatic rings. The van der Waals surface area contributed by atoms with E-state index in [-0.39, 0.29) is 18.2 Å². The molecule has 1 aliphatic rings. The molecular weight excluding hydrogens is 236 g/mol. The fourth-order valence-corrected chi connectivity index (χ4v) is 2.43. The molecule has 0 saturated heterocycles. The van der Waals surface area contributed by atoms with Crippen LogP contribution in [0.4, 0.5) is 0 Å². The summed E-state index contributed by atoms with van der Waals surface area (Å²) in [6.07, 6.45) is 3.13. The minimum atomic E-state index is -0.913. The lowest BCUT2D eigenvalue weighted by atomic mass is 9.93. The molecule has 6 heteroatoms. The Morgan fingerprint density at radius 1 is 1.28 bits per heavy atom. The van der Waals surface area contributed by atoms with Gasteiger partial charge in [0.05, 0.1) is 12.0 Å². The quantitative estimate of drug-likeness (QED) is 0.664. The minimum absolute atomic E-state index is 0.0640. The van der Waals surface area contributed by atoms with E-state index in [0.29, 0.717) is 12.8 Å². The maximum Gasteiger partial charge on any atom is 0.305 e. The van der Waals surface area contributed by atoms with Crippen molar-refractivity contribution in [3.05, 3.63) is 0 Å². The van der Waals surface area contributed by atoms with E-state index in [9.17, 15) is 14.4 Å². The fourth-order valence-electron chi connectivity index (χ4n) is 2.43. The van der Waals surface area contributed by atoms with Crippen LogP contribution >= 0.6 is 0 Å². The number of carboxylic acids is 1. The van der Waals surface area contributed by atoms with E-state index in [2.05, 4.69) is 10.6 Å². The highest BCUT2D eigenvalue weighted by atomic mass is 16.4. The first-order chi connectivity index (χ1) is 8.34. The number of hydrogen-bond donors (Lipinski definition) is 3. The first-order valence-corrected chi connectivity index (χ1v) is 6.15. The highest BCUT2D eigenvalue weighted by Gasteiger charge is 2.38. The molecular formula is C12H20N2O4. The third kappa shape index (κ3) is 4.01. The van der Waals surface area contributed by atoms with E-state index in [1.165, 1.54) is 6.92 Å². The lowest BCUT2D eigenvalue weighted by molar-refractivity contribution is -0.139. The van der Waals surface area contributed by atoms with Gasteiger partial charge < -0.3 is 15.7 Å². The van der Waals surface area contributed by atoms with Crippen molar-refractivity contribution in [2.75, 3.05) is 0 Å².